The molecular formula is C44H50N8O15S. The standard InChI is InChI=1S/C44H50N8O15S/c1-23(2)16-31(44(61)64-19-25-6-4-3-5-7-25)51-41(59)30(50-40(58)29(45)14-15-34(54)55)17-24-8-10-26(11-9-24)67-68(62,63)27-12-13-28(32(53)18-27)43(60)65-20-33-36(56)37(57)42(66-33)52-22-49-35-38(46)47-21-48-39(35)52/h3-13,18,21-23,29-31,33,36-37,42,53,56-57H,14-17,19-20,45H2,1-2H3,(H,50,58)(H,51,59)(H,54,55)(H2,46,47,48)/t29-,30-,31-,33+,36+,37+,42+/m0/s1. The zero-order valence-corrected chi connectivity index (χ0v) is 37.4. The van der Waals surface area contributed by atoms with Crippen LogP contribution in [0.3, 0.4) is 0 Å². The van der Waals surface area contributed by atoms with Crippen LogP contribution >= 0.6 is 0 Å². The monoisotopic (exact) mass is 962 g/mol. The van der Waals surface area contributed by atoms with Crippen molar-refractivity contribution in [1.29, 1.82) is 0 Å². The van der Waals surface area contributed by atoms with Gasteiger partial charge in [0.1, 0.15) is 77.4 Å². The van der Waals surface area contributed by atoms with Crippen LogP contribution in [0.15, 0.2) is 90.3 Å². The fraction of sp³-hybridized carbons (Fsp3) is 0.364. The van der Waals surface area contributed by atoms with E-state index in [-0.39, 0.29) is 54.5 Å². The Labute approximate surface area is 388 Å². The Balaban J connectivity index is 1.09. The number of phenols is 1. The molecule has 1 fully saturated rings. The van der Waals surface area contributed by atoms with Crippen molar-refractivity contribution >= 4 is 56.8 Å². The van der Waals surface area contributed by atoms with Gasteiger partial charge in [-0.1, -0.05) is 56.3 Å². The number of fused-ring (bicyclic) bond motifs is 1. The van der Waals surface area contributed by atoms with E-state index in [4.69, 9.17) is 35.0 Å². The van der Waals surface area contributed by atoms with E-state index in [1.807, 2.05) is 13.8 Å². The summed E-state index contributed by atoms with van der Waals surface area (Å²) in [5.74, 6) is -5.60. The number of carbonyl (C=O) groups is 5. The van der Waals surface area contributed by atoms with Crippen molar-refractivity contribution in [3.05, 3.63) is 102 Å². The van der Waals surface area contributed by atoms with Gasteiger partial charge >= 0.3 is 28.0 Å². The number of nitrogens with zero attached hydrogens (tertiary/aromatic N) is 4. The number of nitrogens with one attached hydrogen (secondary N) is 2. The largest absolute Gasteiger partial charge is 0.507 e. The lowest BCUT2D eigenvalue weighted by atomic mass is 10.0. The zero-order valence-electron chi connectivity index (χ0n) is 36.6. The number of benzene rings is 3. The number of carbonyl (C=O) groups excluding carboxylic acids is 4. The Morgan fingerprint density at radius 3 is 2.26 bits per heavy atom. The number of phenolic OH excluding ortho intramolecular Hbond substituents is 1. The van der Waals surface area contributed by atoms with E-state index in [0.29, 0.717) is 5.56 Å². The topological polar surface area (TPSA) is 357 Å². The van der Waals surface area contributed by atoms with Gasteiger partial charge in [-0.05, 0) is 54.2 Å². The summed E-state index contributed by atoms with van der Waals surface area (Å²) in [5.41, 5.74) is 12.9. The lowest BCUT2D eigenvalue weighted by Gasteiger charge is -2.25. The summed E-state index contributed by atoms with van der Waals surface area (Å²) in [5, 5.41) is 46.3. The molecule has 5 aromatic rings. The molecule has 1 aliphatic heterocycles. The minimum absolute atomic E-state index is 0.0492. The number of carboxylic acid groups (broad SMARTS) is 1. The van der Waals surface area contributed by atoms with Crippen molar-refractivity contribution in [2.75, 3.05) is 12.3 Å². The molecule has 3 heterocycles. The molecule has 0 bridgehead atoms. The molecule has 68 heavy (non-hydrogen) atoms. The smallest absolute Gasteiger partial charge is 0.342 e. The summed E-state index contributed by atoms with van der Waals surface area (Å²) in [6.45, 7) is 3.04. The number of aliphatic carboxylic acids is 1. The second-order valence-electron chi connectivity index (χ2n) is 16.2. The van der Waals surface area contributed by atoms with E-state index in [9.17, 15) is 47.7 Å². The Morgan fingerprint density at radius 1 is 0.882 bits per heavy atom. The van der Waals surface area contributed by atoms with E-state index in [1.165, 1.54) is 41.5 Å². The third-order valence-electron chi connectivity index (χ3n) is 10.6. The average molecular weight is 963 g/mol. The molecule has 1 aliphatic rings. The van der Waals surface area contributed by atoms with Crippen molar-refractivity contribution in [1.82, 2.24) is 30.2 Å². The first-order valence-corrected chi connectivity index (χ1v) is 22.5. The van der Waals surface area contributed by atoms with Crippen molar-refractivity contribution in [2.45, 2.75) is 93.7 Å². The number of aromatic hydroxyl groups is 1. The Kier molecular flexibility index (Phi) is 16.3. The molecular weight excluding hydrogens is 913 g/mol. The first-order chi connectivity index (χ1) is 32.3. The number of hydrogen-bond acceptors (Lipinski definition) is 19. The van der Waals surface area contributed by atoms with Gasteiger partial charge < -0.3 is 60.9 Å². The van der Waals surface area contributed by atoms with Gasteiger partial charge in [-0.2, -0.15) is 8.42 Å². The minimum Gasteiger partial charge on any atom is -0.507 e. The molecule has 24 heteroatoms. The summed E-state index contributed by atoms with van der Waals surface area (Å²) in [6.07, 6.45) is -3.65. The van der Waals surface area contributed by atoms with Crippen LogP contribution in [-0.4, -0.2) is 121 Å². The maximum atomic E-state index is 13.8. The first-order valence-electron chi connectivity index (χ1n) is 21.1. The van der Waals surface area contributed by atoms with Crippen molar-refractivity contribution in [3.63, 3.8) is 0 Å². The molecule has 2 amide bonds. The number of amides is 2. The number of esters is 2. The third kappa shape index (κ3) is 12.6. The average Bonchev–Trinajstić information content (AvgIpc) is 3.86. The molecule has 10 N–H and O–H groups in total. The Hall–Kier alpha value is -7.25. The maximum absolute atomic E-state index is 13.8. The number of imidazole rings is 1. The van der Waals surface area contributed by atoms with E-state index in [2.05, 4.69) is 25.6 Å². The summed E-state index contributed by atoms with van der Waals surface area (Å²) >= 11 is 0. The number of nitrogens with two attached hydrogens (primary N) is 2. The quantitative estimate of drug-likeness (QED) is 0.0373. The predicted octanol–water partition coefficient (Wildman–Crippen LogP) is 0.852. The second kappa shape index (κ2) is 22.0. The van der Waals surface area contributed by atoms with Gasteiger partial charge in [0.25, 0.3) is 0 Å². The van der Waals surface area contributed by atoms with Crippen LogP contribution in [0.5, 0.6) is 11.5 Å². The number of ether oxygens (including phenoxy) is 3. The highest BCUT2D eigenvalue weighted by Gasteiger charge is 2.45. The summed E-state index contributed by atoms with van der Waals surface area (Å²) < 4.78 is 49.7. The normalized spacial score (nSPS) is 18.3. The number of aliphatic hydroxyl groups is 2. The Morgan fingerprint density at radius 2 is 1.59 bits per heavy atom. The number of aliphatic hydroxyl groups excluding tert-OH is 2. The SMILES string of the molecule is CC(C)C[C@H](NC(=O)[C@H](Cc1ccc(OS(=O)(=O)c2ccc(C(=O)OC[C@H]3O[C@@H](n4cnc5c(N)ncnc54)[C@H](O)[C@@H]3O)c(O)c2)cc1)NC(=O)[C@@H](N)CCC(=O)O)C(=O)OCc1ccccc1. The van der Waals surface area contributed by atoms with Crippen LogP contribution in [-0.2, 0) is 56.5 Å². The van der Waals surface area contributed by atoms with Crippen LogP contribution in [0.2, 0.25) is 0 Å². The number of carboxylic acids is 1. The molecule has 7 atom stereocenters. The van der Waals surface area contributed by atoms with E-state index < -0.39 is 112 Å². The molecule has 2 aromatic heterocycles. The summed E-state index contributed by atoms with van der Waals surface area (Å²) in [4.78, 5) is 75.7. The maximum Gasteiger partial charge on any atom is 0.342 e. The molecule has 23 nitrogen and oxygen atoms in total. The van der Waals surface area contributed by atoms with Crippen LogP contribution in [0.25, 0.3) is 11.2 Å². The first kappa shape index (κ1) is 50.2. The molecule has 0 saturated carbocycles. The number of hydrogen-bond donors (Lipinski definition) is 8. The number of nitrogen functional groups attached to an aromatic ring is 1. The van der Waals surface area contributed by atoms with E-state index in [0.717, 1.165) is 23.8 Å². The van der Waals surface area contributed by atoms with Crippen molar-refractivity contribution < 1.29 is 71.2 Å². The van der Waals surface area contributed by atoms with Crippen LogP contribution in [0.4, 0.5) is 5.82 Å². The second-order valence-corrected chi connectivity index (χ2v) is 17.7. The van der Waals surface area contributed by atoms with Crippen molar-refractivity contribution in [2.24, 2.45) is 11.7 Å². The number of anilines is 1. The molecule has 6 rings (SSSR count). The highest BCUT2D eigenvalue weighted by molar-refractivity contribution is 7.87. The van der Waals surface area contributed by atoms with Gasteiger partial charge in [0.2, 0.25) is 11.8 Å². The fourth-order valence-corrected chi connectivity index (χ4v) is 7.96. The van der Waals surface area contributed by atoms with E-state index >= 15 is 0 Å². The molecule has 0 spiro atoms. The van der Waals surface area contributed by atoms with Crippen LogP contribution in [0.1, 0.15) is 60.8 Å². The van der Waals surface area contributed by atoms with Crippen LogP contribution < -0.4 is 26.3 Å². The summed E-state index contributed by atoms with van der Waals surface area (Å²) in [6, 6.07) is 13.2. The molecule has 3 aromatic carbocycles. The molecule has 362 valence electrons. The van der Waals surface area contributed by atoms with Gasteiger partial charge in [-0.15, -0.1) is 0 Å². The van der Waals surface area contributed by atoms with Gasteiger partial charge in [0, 0.05) is 18.9 Å². The highest BCUT2D eigenvalue weighted by atomic mass is 32.2. The Bertz CT molecular complexity index is 2720. The highest BCUT2D eigenvalue weighted by Crippen LogP contribution is 2.33. The van der Waals surface area contributed by atoms with Crippen molar-refractivity contribution in [3.8, 4) is 11.5 Å². The zero-order chi connectivity index (χ0) is 49.3. The summed E-state index contributed by atoms with van der Waals surface area (Å²) in [7, 11) is -4.64. The van der Waals surface area contributed by atoms with Crippen LogP contribution in [0, 0.1) is 5.92 Å². The van der Waals surface area contributed by atoms with Gasteiger partial charge in [-0.25, -0.2) is 24.5 Å². The van der Waals surface area contributed by atoms with E-state index in [1.54, 1.807) is 30.3 Å². The van der Waals surface area contributed by atoms with Gasteiger partial charge in [0.05, 0.1) is 12.4 Å². The lowest BCUT2D eigenvalue weighted by molar-refractivity contribution is -0.149. The van der Waals surface area contributed by atoms with Gasteiger partial charge in [0.15, 0.2) is 17.7 Å². The van der Waals surface area contributed by atoms with Gasteiger partial charge in [-0.3, -0.25) is 19.0 Å². The number of rotatable bonds is 21. The molecule has 0 aliphatic carbocycles. The molecule has 0 radical (unpaired) electrons. The molecule has 0 unspecified atom stereocenters. The molecule has 1 saturated heterocycles. The minimum atomic E-state index is -4.64. The predicted molar refractivity (Wildman–Crippen MR) is 236 cm³/mol. The third-order valence-corrected chi connectivity index (χ3v) is 11.8. The fourth-order valence-electron chi connectivity index (χ4n) is 7.00. The number of aromatic nitrogens is 4. The lowest BCUT2D eigenvalue weighted by Crippen LogP contribution is -2.55.